The van der Waals surface area contributed by atoms with Crippen molar-refractivity contribution in [1.29, 1.82) is 5.26 Å². The molecule has 0 atom stereocenters. The first kappa shape index (κ1) is 18.9. The third-order valence-corrected chi connectivity index (χ3v) is 5.70. The number of thiophene rings is 1. The molecular formula is C19H19N3O4S. The molecule has 1 aliphatic carbocycles. The van der Waals surface area contributed by atoms with Gasteiger partial charge in [-0.25, -0.2) is 4.79 Å². The van der Waals surface area contributed by atoms with Gasteiger partial charge in [0.2, 0.25) is 0 Å². The van der Waals surface area contributed by atoms with E-state index >= 15 is 0 Å². The Morgan fingerprint density at radius 1 is 1.33 bits per heavy atom. The molecule has 2 heterocycles. The van der Waals surface area contributed by atoms with Gasteiger partial charge in [-0.2, -0.15) is 5.26 Å². The second-order valence-electron chi connectivity index (χ2n) is 6.43. The van der Waals surface area contributed by atoms with Crippen LogP contribution in [0.25, 0.3) is 0 Å². The number of nitriles is 1. The number of hydrogen-bond donors (Lipinski definition) is 1. The quantitative estimate of drug-likeness (QED) is 0.630. The first-order chi connectivity index (χ1) is 12.9. The maximum atomic E-state index is 12.2. The molecule has 0 aromatic carbocycles. The number of hydrogen-bond acceptors (Lipinski definition) is 6. The van der Waals surface area contributed by atoms with Crippen LogP contribution in [-0.2, 0) is 29.4 Å². The predicted molar refractivity (Wildman–Crippen MR) is 100 cm³/mol. The Labute approximate surface area is 160 Å². The molecule has 0 radical (unpaired) electrons. The zero-order valence-corrected chi connectivity index (χ0v) is 15.9. The fourth-order valence-corrected chi connectivity index (χ4v) is 4.36. The molecule has 0 aliphatic heterocycles. The number of amides is 1. The minimum atomic E-state index is -0.689. The number of aryl methyl sites for hydroxylation is 2. The van der Waals surface area contributed by atoms with E-state index in [0.29, 0.717) is 16.1 Å². The Balaban J connectivity index is 1.64. The molecule has 2 aromatic heterocycles. The van der Waals surface area contributed by atoms with Crippen molar-refractivity contribution >= 4 is 34.0 Å². The summed E-state index contributed by atoms with van der Waals surface area (Å²) in [5.74, 6) is -1.35. The van der Waals surface area contributed by atoms with Crippen LogP contribution < -0.4 is 5.32 Å². The second kappa shape index (κ2) is 7.76. The number of fused-ring (bicyclic) bond motifs is 1. The third-order valence-electron chi connectivity index (χ3n) is 4.49. The predicted octanol–water partition coefficient (Wildman–Crippen LogP) is 2.84. The van der Waals surface area contributed by atoms with Crippen LogP contribution >= 0.6 is 11.3 Å². The van der Waals surface area contributed by atoms with Crippen LogP contribution in [0.3, 0.4) is 0 Å². The monoisotopic (exact) mass is 385 g/mol. The van der Waals surface area contributed by atoms with Crippen LogP contribution in [0.2, 0.25) is 0 Å². The lowest BCUT2D eigenvalue weighted by molar-refractivity contribution is -0.119. The standard InChI is InChI=1S/C19H19N3O4S/c1-11(23)12-7-15(22(2)9-12)19(25)26-10-17(24)21-18-14(8-20)13-5-3-4-6-16(13)27-18/h7,9H,3-6,10H2,1-2H3,(H,21,24). The highest BCUT2D eigenvalue weighted by Crippen LogP contribution is 2.37. The van der Waals surface area contributed by atoms with Crippen molar-refractivity contribution in [3.05, 3.63) is 39.5 Å². The number of rotatable bonds is 5. The lowest BCUT2D eigenvalue weighted by Gasteiger charge is -2.09. The number of carbonyl (C=O) groups is 3. The van der Waals surface area contributed by atoms with Gasteiger partial charge in [0.15, 0.2) is 12.4 Å². The van der Waals surface area contributed by atoms with Gasteiger partial charge in [0.05, 0.1) is 5.56 Å². The van der Waals surface area contributed by atoms with E-state index in [0.717, 1.165) is 36.1 Å². The first-order valence-electron chi connectivity index (χ1n) is 8.59. The number of nitrogens with one attached hydrogen (secondary N) is 1. The highest BCUT2D eigenvalue weighted by atomic mass is 32.1. The lowest BCUT2D eigenvalue weighted by Crippen LogP contribution is -2.21. The van der Waals surface area contributed by atoms with Crippen LogP contribution in [0.5, 0.6) is 0 Å². The topological polar surface area (TPSA) is 101 Å². The summed E-state index contributed by atoms with van der Waals surface area (Å²) in [7, 11) is 1.62. The number of Topliss-reactive ketones (excluding diaryl/α,β-unsaturated/α-hetero) is 1. The van der Waals surface area contributed by atoms with E-state index < -0.39 is 18.5 Å². The summed E-state index contributed by atoms with van der Waals surface area (Å²) in [6.45, 7) is 0.943. The summed E-state index contributed by atoms with van der Waals surface area (Å²) < 4.78 is 6.53. The van der Waals surface area contributed by atoms with Gasteiger partial charge in [0.1, 0.15) is 16.8 Å². The Bertz CT molecular complexity index is 964. The molecule has 0 bridgehead atoms. The van der Waals surface area contributed by atoms with Gasteiger partial charge in [-0.05, 0) is 44.2 Å². The van der Waals surface area contributed by atoms with E-state index in [2.05, 4.69) is 11.4 Å². The Morgan fingerprint density at radius 3 is 2.74 bits per heavy atom. The molecular weight excluding hydrogens is 366 g/mol. The van der Waals surface area contributed by atoms with Crippen LogP contribution in [0.15, 0.2) is 12.3 Å². The third kappa shape index (κ3) is 3.93. The van der Waals surface area contributed by atoms with Gasteiger partial charge in [-0.1, -0.05) is 0 Å². The number of nitrogens with zero attached hydrogens (tertiary/aromatic N) is 2. The molecule has 140 valence electrons. The summed E-state index contributed by atoms with van der Waals surface area (Å²) >= 11 is 1.42. The zero-order chi connectivity index (χ0) is 19.6. The largest absolute Gasteiger partial charge is 0.451 e. The van der Waals surface area contributed by atoms with Gasteiger partial charge >= 0.3 is 5.97 Å². The summed E-state index contributed by atoms with van der Waals surface area (Å²) in [6.07, 6.45) is 5.44. The lowest BCUT2D eigenvalue weighted by atomic mass is 9.96. The van der Waals surface area contributed by atoms with Crippen molar-refractivity contribution in [2.75, 3.05) is 11.9 Å². The van der Waals surface area contributed by atoms with Gasteiger partial charge in [-0.3, -0.25) is 9.59 Å². The van der Waals surface area contributed by atoms with Crippen LogP contribution in [0, 0.1) is 11.3 Å². The van der Waals surface area contributed by atoms with Gasteiger partial charge in [-0.15, -0.1) is 11.3 Å². The van der Waals surface area contributed by atoms with Crippen molar-refractivity contribution in [3.8, 4) is 6.07 Å². The van der Waals surface area contributed by atoms with Gasteiger partial charge in [0.25, 0.3) is 5.91 Å². The Morgan fingerprint density at radius 2 is 2.07 bits per heavy atom. The SMILES string of the molecule is CC(=O)c1cc(C(=O)OCC(=O)Nc2sc3c(c2C#N)CCCC3)n(C)c1. The number of aromatic nitrogens is 1. The van der Waals surface area contributed by atoms with Crippen LogP contribution in [0.4, 0.5) is 5.00 Å². The number of ether oxygens (including phenoxy) is 1. The number of ketones is 1. The van der Waals surface area contributed by atoms with Crippen LogP contribution in [-0.4, -0.2) is 28.8 Å². The molecule has 0 fully saturated rings. The van der Waals surface area contributed by atoms with E-state index in [4.69, 9.17) is 4.74 Å². The van der Waals surface area contributed by atoms with E-state index in [-0.39, 0.29) is 11.5 Å². The smallest absolute Gasteiger partial charge is 0.355 e. The molecule has 1 amide bonds. The summed E-state index contributed by atoms with van der Waals surface area (Å²) in [5.41, 5.74) is 2.14. The zero-order valence-electron chi connectivity index (χ0n) is 15.1. The van der Waals surface area contributed by atoms with Crippen molar-refractivity contribution in [2.24, 2.45) is 7.05 Å². The Kier molecular flexibility index (Phi) is 5.42. The van der Waals surface area contributed by atoms with Gasteiger partial charge < -0.3 is 14.6 Å². The van der Waals surface area contributed by atoms with E-state index in [1.54, 1.807) is 7.05 Å². The first-order valence-corrected chi connectivity index (χ1v) is 9.41. The minimum Gasteiger partial charge on any atom is -0.451 e. The highest BCUT2D eigenvalue weighted by molar-refractivity contribution is 7.16. The molecule has 0 unspecified atom stereocenters. The molecule has 0 saturated carbocycles. The van der Waals surface area contributed by atoms with E-state index in [1.165, 1.54) is 35.1 Å². The average molecular weight is 385 g/mol. The number of esters is 1. The maximum Gasteiger partial charge on any atom is 0.355 e. The summed E-state index contributed by atoms with van der Waals surface area (Å²) in [5, 5.41) is 12.6. The molecule has 2 aromatic rings. The van der Waals surface area contributed by atoms with Crippen molar-refractivity contribution in [1.82, 2.24) is 4.57 Å². The van der Waals surface area contributed by atoms with Crippen molar-refractivity contribution in [3.63, 3.8) is 0 Å². The van der Waals surface area contributed by atoms with Crippen LogP contribution in [0.1, 0.15) is 56.6 Å². The fraction of sp³-hybridized carbons (Fsp3) is 0.368. The molecule has 8 heteroatoms. The minimum absolute atomic E-state index is 0.159. The maximum absolute atomic E-state index is 12.2. The summed E-state index contributed by atoms with van der Waals surface area (Å²) in [6, 6.07) is 3.61. The Hall–Kier alpha value is -2.92. The van der Waals surface area contributed by atoms with Crippen molar-refractivity contribution < 1.29 is 19.1 Å². The average Bonchev–Trinajstić information content (AvgIpc) is 3.19. The van der Waals surface area contributed by atoms with E-state index in [9.17, 15) is 19.6 Å². The fourth-order valence-electron chi connectivity index (χ4n) is 3.10. The number of anilines is 1. The normalized spacial score (nSPS) is 12.8. The molecule has 0 spiro atoms. The van der Waals surface area contributed by atoms with E-state index in [1.807, 2.05) is 0 Å². The second-order valence-corrected chi connectivity index (χ2v) is 7.54. The van der Waals surface area contributed by atoms with Crippen molar-refractivity contribution in [2.45, 2.75) is 32.6 Å². The number of carbonyl (C=O) groups excluding carboxylic acids is 3. The molecule has 1 aliphatic rings. The molecule has 1 N–H and O–H groups in total. The van der Waals surface area contributed by atoms with Gasteiger partial charge in [0, 0.05) is 23.7 Å². The summed E-state index contributed by atoms with van der Waals surface area (Å²) in [4.78, 5) is 36.9. The molecule has 0 saturated heterocycles. The highest BCUT2D eigenvalue weighted by Gasteiger charge is 2.22. The molecule has 27 heavy (non-hydrogen) atoms. The molecule has 7 nitrogen and oxygen atoms in total. The molecule has 3 rings (SSSR count).